The molecule has 21 heavy (non-hydrogen) atoms. The second-order valence-electron chi connectivity index (χ2n) is 5.41. The topological polar surface area (TPSA) is 81.4 Å². The SMILES string of the molecule is CC(C)c1nn(CC(=O)O)c(=O)c2sc3c(c12)OCCC3. The minimum atomic E-state index is -1.07. The Balaban J connectivity index is 2.34. The van der Waals surface area contributed by atoms with Gasteiger partial charge in [0.05, 0.1) is 17.7 Å². The average Bonchev–Trinajstić information content (AvgIpc) is 2.81. The monoisotopic (exact) mass is 308 g/mol. The molecular weight excluding hydrogens is 292 g/mol. The molecule has 1 aliphatic heterocycles. The van der Waals surface area contributed by atoms with Crippen LogP contribution in [0.3, 0.4) is 0 Å². The first kappa shape index (κ1) is 14.1. The van der Waals surface area contributed by atoms with Crippen molar-refractivity contribution in [1.82, 2.24) is 9.78 Å². The smallest absolute Gasteiger partial charge is 0.325 e. The Morgan fingerprint density at radius 1 is 1.52 bits per heavy atom. The number of fused-ring (bicyclic) bond motifs is 3. The highest BCUT2D eigenvalue weighted by Gasteiger charge is 2.25. The van der Waals surface area contributed by atoms with Gasteiger partial charge in [-0.05, 0) is 18.8 Å². The van der Waals surface area contributed by atoms with Gasteiger partial charge in [0.1, 0.15) is 17.0 Å². The van der Waals surface area contributed by atoms with Crippen molar-refractivity contribution in [2.45, 2.75) is 39.2 Å². The van der Waals surface area contributed by atoms with Crippen molar-refractivity contribution in [3.8, 4) is 5.75 Å². The molecule has 0 unspecified atom stereocenters. The van der Waals surface area contributed by atoms with Gasteiger partial charge in [0, 0.05) is 4.88 Å². The fourth-order valence-corrected chi connectivity index (χ4v) is 3.79. The number of aryl methyl sites for hydroxylation is 1. The van der Waals surface area contributed by atoms with E-state index in [1.807, 2.05) is 13.8 Å². The zero-order valence-corrected chi connectivity index (χ0v) is 12.7. The van der Waals surface area contributed by atoms with Crippen LogP contribution in [0.2, 0.25) is 0 Å². The summed E-state index contributed by atoms with van der Waals surface area (Å²) < 4.78 is 7.35. The van der Waals surface area contributed by atoms with Gasteiger partial charge in [-0.2, -0.15) is 5.10 Å². The standard InChI is InChI=1S/C14H16N2O4S/c1-7(2)11-10-12-8(4-3-5-20-12)21-13(10)14(19)16(15-11)6-9(17)18/h7H,3-6H2,1-2H3,(H,17,18). The largest absolute Gasteiger partial charge is 0.492 e. The highest BCUT2D eigenvalue weighted by molar-refractivity contribution is 7.19. The first-order valence-corrected chi connectivity index (χ1v) is 7.71. The van der Waals surface area contributed by atoms with Crippen molar-refractivity contribution in [3.05, 3.63) is 20.9 Å². The maximum atomic E-state index is 12.4. The first-order chi connectivity index (χ1) is 9.99. The minimum Gasteiger partial charge on any atom is -0.492 e. The van der Waals surface area contributed by atoms with Gasteiger partial charge in [0.25, 0.3) is 5.56 Å². The number of aliphatic carboxylic acids is 1. The number of carboxylic acids is 1. The quantitative estimate of drug-likeness (QED) is 0.937. The van der Waals surface area contributed by atoms with Crippen molar-refractivity contribution in [1.29, 1.82) is 0 Å². The van der Waals surface area contributed by atoms with Crippen molar-refractivity contribution < 1.29 is 14.6 Å². The first-order valence-electron chi connectivity index (χ1n) is 6.90. The zero-order valence-electron chi connectivity index (χ0n) is 11.9. The number of hydrogen-bond donors (Lipinski definition) is 1. The normalized spacial score (nSPS) is 14.2. The second kappa shape index (κ2) is 5.14. The molecule has 0 fully saturated rings. The van der Waals surface area contributed by atoms with Crippen LogP contribution in [0.1, 0.15) is 36.8 Å². The lowest BCUT2D eigenvalue weighted by Crippen LogP contribution is -2.27. The Labute approximate surface area is 125 Å². The number of carbonyl (C=O) groups is 1. The molecule has 2 aromatic rings. The molecule has 0 atom stereocenters. The summed E-state index contributed by atoms with van der Waals surface area (Å²) in [5.41, 5.74) is 0.380. The Hall–Kier alpha value is -1.89. The fourth-order valence-electron chi connectivity index (χ4n) is 2.55. The molecule has 6 nitrogen and oxygen atoms in total. The van der Waals surface area contributed by atoms with E-state index in [9.17, 15) is 9.59 Å². The maximum absolute atomic E-state index is 12.4. The molecule has 112 valence electrons. The van der Waals surface area contributed by atoms with Gasteiger partial charge in [-0.1, -0.05) is 13.8 Å². The molecule has 7 heteroatoms. The molecule has 3 heterocycles. The van der Waals surface area contributed by atoms with Crippen molar-refractivity contribution in [2.24, 2.45) is 0 Å². The molecule has 0 amide bonds. The summed E-state index contributed by atoms with van der Waals surface area (Å²) in [6.07, 6.45) is 1.83. The molecule has 0 bridgehead atoms. The number of rotatable bonds is 3. The van der Waals surface area contributed by atoms with E-state index in [4.69, 9.17) is 9.84 Å². The van der Waals surface area contributed by atoms with Crippen LogP contribution < -0.4 is 10.3 Å². The summed E-state index contributed by atoms with van der Waals surface area (Å²) in [6, 6.07) is 0. The molecule has 3 rings (SSSR count). The molecule has 0 saturated heterocycles. The second-order valence-corrected chi connectivity index (χ2v) is 6.51. The third-order valence-corrected chi connectivity index (χ3v) is 4.69. The van der Waals surface area contributed by atoms with Gasteiger partial charge in [-0.15, -0.1) is 11.3 Å². The summed E-state index contributed by atoms with van der Waals surface area (Å²) in [5, 5.41) is 14.0. The maximum Gasteiger partial charge on any atom is 0.325 e. The summed E-state index contributed by atoms with van der Waals surface area (Å²) in [6.45, 7) is 4.18. The third kappa shape index (κ3) is 2.31. The number of ether oxygens (including phenoxy) is 1. The van der Waals surface area contributed by atoms with Gasteiger partial charge in [0.2, 0.25) is 0 Å². The molecule has 0 spiro atoms. The molecule has 0 aromatic carbocycles. The van der Waals surface area contributed by atoms with E-state index in [0.717, 1.165) is 39.2 Å². The van der Waals surface area contributed by atoms with Crippen LogP contribution in [0.4, 0.5) is 0 Å². The summed E-state index contributed by atoms with van der Waals surface area (Å²) in [7, 11) is 0. The number of nitrogens with zero attached hydrogens (tertiary/aromatic N) is 2. The van der Waals surface area contributed by atoms with E-state index in [1.165, 1.54) is 11.3 Å². The van der Waals surface area contributed by atoms with E-state index < -0.39 is 12.5 Å². The predicted molar refractivity (Wildman–Crippen MR) is 79.4 cm³/mol. The van der Waals surface area contributed by atoms with Gasteiger partial charge in [0.15, 0.2) is 0 Å². The summed E-state index contributed by atoms with van der Waals surface area (Å²) in [5.74, 6) is -0.217. The van der Waals surface area contributed by atoms with E-state index in [0.29, 0.717) is 11.3 Å². The van der Waals surface area contributed by atoms with Crippen LogP contribution in [-0.4, -0.2) is 27.5 Å². The Morgan fingerprint density at radius 3 is 2.95 bits per heavy atom. The minimum absolute atomic E-state index is 0.0809. The number of thiophene rings is 1. The van der Waals surface area contributed by atoms with Gasteiger partial charge < -0.3 is 9.84 Å². The summed E-state index contributed by atoms with van der Waals surface area (Å²) >= 11 is 1.41. The zero-order chi connectivity index (χ0) is 15.1. The Morgan fingerprint density at radius 2 is 2.29 bits per heavy atom. The molecule has 1 aliphatic rings. The molecule has 2 aromatic heterocycles. The van der Waals surface area contributed by atoms with Gasteiger partial charge in [-0.3, -0.25) is 9.59 Å². The molecule has 1 N–H and O–H groups in total. The predicted octanol–water partition coefficient (Wildman–Crippen LogP) is 1.99. The van der Waals surface area contributed by atoms with Crippen molar-refractivity contribution >= 4 is 27.4 Å². The lowest BCUT2D eigenvalue weighted by atomic mass is 10.0. The molecule has 0 radical (unpaired) electrons. The van der Waals surface area contributed by atoms with Crippen LogP contribution in [0.25, 0.3) is 10.1 Å². The molecule has 0 aliphatic carbocycles. The lowest BCUT2D eigenvalue weighted by molar-refractivity contribution is -0.138. The summed E-state index contributed by atoms with van der Waals surface area (Å²) in [4.78, 5) is 24.4. The Bertz CT molecular complexity index is 775. The van der Waals surface area contributed by atoms with Crippen LogP contribution in [0.5, 0.6) is 5.75 Å². The third-order valence-electron chi connectivity index (χ3n) is 3.47. The fraction of sp³-hybridized carbons (Fsp3) is 0.500. The lowest BCUT2D eigenvalue weighted by Gasteiger charge is -2.15. The van der Waals surface area contributed by atoms with Gasteiger partial charge >= 0.3 is 5.97 Å². The van der Waals surface area contributed by atoms with Crippen LogP contribution in [-0.2, 0) is 17.8 Å². The van der Waals surface area contributed by atoms with E-state index in [2.05, 4.69) is 5.10 Å². The van der Waals surface area contributed by atoms with E-state index >= 15 is 0 Å². The van der Waals surface area contributed by atoms with E-state index in [-0.39, 0.29) is 11.5 Å². The Kier molecular flexibility index (Phi) is 3.44. The average molecular weight is 308 g/mol. The highest BCUT2D eigenvalue weighted by Crippen LogP contribution is 2.41. The van der Waals surface area contributed by atoms with Crippen molar-refractivity contribution in [3.63, 3.8) is 0 Å². The molecular formula is C14H16N2O4S. The van der Waals surface area contributed by atoms with Crippen molar-refractivity contribution in [2.75, 3.05) is 6.61 Å². The van der Waals surface area contributed by atoms with Crippen LogP contribution >= 0.6 is 11.3 Å². The highest BCUT2D eigenvalue weighted by atomic mass is 32.1. The van der Waals surface area contributed by atoms with Gasteiger partial charge in [-0.25, -0.2) is 4.68 Å². The van der Waals surface area contributed by atoms with Crippen LogP contribution in [0, 0.1) is 0 Å². The number of aromatic nitrogens is 2. The van der Waals surface area contributed by atoms with E-state index in [1.54, 1.807) is 0 Å². The number of hydrogen-bond acceptors (Lipinski definition) is 5. The van der Waals surface area contributed by atoms with Crippen LogP contribution in [0.15, 0.2) is 4.79 Å². The number of carboxylic acid groups (broad SMARTS) is 1. The molecule has 0 saturated carbocycles.